The number of halogens is 1. The van der Waals surface area contributed by atoms with Crippen LogP contribution in [0.5, 0.6) is 0 Å². The quantitative estimate of drug-likeness (QED) is 0.716. The van der Waals surface area contributed by atoms with E-state index in [1.165, 1.54) is 0 Å². The molecule has 0 unspecified atom stereocenters. The van der Waals surface area contributed by atoms with Gasteiger partial charge in [-0.25, -0.2) is 0 Å². The van der Waals surface area contributed by atoms with Gasteiger partial charge in [0.25, 0.3) is 0 Å². The minimum absolute atomic E-state index is 0.0348. The van der Waals surface area contributed by atoms with Gasteiger partial charge in [0, 0.05) is 17.0 Å². The molecule has 1 aliphatic carbocycles. The number of aromatic nitrogens is 2. The molecule has 17 heavy (non-hydrogen) atoms. The highest BCUT2D eigenvalue weighted by Crippen LogP contribution is 2.33. The van der Waals surface area contributed by atoms with Gasteiger partial charge >= 0.3 is 0 Å². The lowest BCUT2D eigenvalue weighted by Gasteiger charge is -2.18. The summed E-state index contributed by atoms with van der Waals surface area (Å²) in [6, 6.07) is 3.61. The van der Waals surface area contributed by atoms with Gasteiger partial charge in [-0.2, -0.15) is 5.10 Å². The van der Waals surface area contributed by atoms with Gasteiger partial charge in [-0.15, -0.1) is 0 Å². The lowest BCUT2D eigenvalue weighted by atomic mass is 9.86. The van der Waals surface area contributed by atoms with Crippen molar-refractivity contribution in [1.29, 1.82) is 0 Å². The van der Waals surface area contributed by atoms with Crippen LogP contribution in [0.15, 0.2) is 24.9 Å². The summed E-state index contributed by atoms with van der Waals surface area (Å²) in [5.41, 5.74) is 3.78. The third-order valence-electron chi connectivity index (χ3n) is 3.05. The molecule has 0 fully saturated rings. The van der Waals surface area contributed by atoms with E-state index in [2.05, 4.69) is 16.8 Å². The van der Waals surface area contributed by atoms with Crippen LogP contribution in [0.1, 0.15) is 32.7 Å². The highest BCUT2D eigenvalue weighted by atomic mass is 35.5. The molecule has 0 spiro atoms. The second kappa shape index (κ2) is 3.57. The summed E-state index contributed by atoms with van der Waals surface area (Å²) >= 11 is 6.15. The molecule has 3 nitrogen and oxygen atoms in total. The number of nitrogens with zero attached hydrogens (tertiary/aromatic N) is 1. The van der Waals surface area contributed by atoms with Crippen molar-refractivity contribution in [3.8, 4) is 0 Å². The van der Waals surface area contributed by atoms with Crippen molar-refractivity contribution >= 4 is 23.5 Å². The average molecular weight is 245 g/mol. The van der Waals surface area contributed by atoms with Crippen molar-refractivity contribution in [3.63, 3.8) is 0 Å². The Labute approximate surface area is 103 Å². The van der Waals surface area contributed by atoms with E-state index < -0.39 is 0 Å². The van der Waals surface area contributed by atoms with Gasteiger partial charge in [0.2, 0.25) is 0 Å². The van der Waals surface area contributed by atoms with Gasteiger partial charge in [-0.05, 0) is 17.2 Å². The minimum atomic E-state index is -0.0348. The maximum Gasteiger partial charge on any atom is 0.197 e. The van der Waals surface area contributed by atoms with Crippen LogP contribution in [0.25, 0.3) is 6.08 Å². The number of aromatic amines is 1. The number of fused-ring (bicyclic) bond motifs is 2. The Morgan fingerprint density at radius 1 is 1.47 bits per heavy atom. The van der Waals surface area contributed by atoms with Crippen LogP contribution in [0.4, 0.5) is 0 Å². The summed E-state index contributed by atoms with van der Waals surface area (Å²) in [6.45, 7) is 3.73. The van der Waals surface area contributed by atoms with Crippen LogP contribution < -0.4 is 0 Å². The number of ketones is 1. The molecule has 0 atom stereocenters. The number of nitrogens with one attached hydrogen (secondary N) is 1. The van der Waals surface area contributed by atoms with E-state index >= 15 is 0 Å². The van der Waals surface area contributed by atoms with Gasteiger partial charge in [0.1, 0.15) is 0 Å². The van der Waals surface area contributed by atoms with E-state index in [4.69, 9.17) is 11.6 Å². The third kappa shape index (κ3) is 1.36. The van der Waals surface area contributed by atoms with E-state index in [9.17, 15) is 4.79 Å². The van der Waals surface area contributed by atoms with Crippen molar-refractivity contribution in [2.75, 3.05) is 0 Å². The van der Waals surface area contributed by atoms with Crippen LogP contribution in [0, 0.1) is 0 Å². The predicted molar refractivity (Wildman–Crippen MR) is 66.4 cm³/mol. The molecule has 1 aromatic carbocycles. The largest absolute Gasteiger partial charge is 0.288 e. The zero-order valence-corrected chi connectivity index (χ0v) is 9.71. The van der Waals surface area contributed by atoms with E-state index in [0.29, 0.717) is 22.6 Å². The summed E-state index contributed by atoms with van der Waals surface area (Å²) in [6.07, 6.45) is 3.85. The standard InChI is InChI=1S/C13H9ClN2O/c1-2-7-3-4-10(14)8-5-11-9(6-15-16-11)13(17)12(7)8/h2-4,6H,1,5H2,(H,15,16). The van der Waals surface area contributed by atoms with Gasteiger partial charge in [0.05, 0.1) is 17.5 Å². The van der Waals surface area contributed by atoms with Crippen LogP contribution >= 0.6 is 11.6 Å². The number of hydrogen-bond acceptors (Lipinski definition) is 2. The molecule has 0 bridgehead atoms. The van der Waals surface area contributed by atoms with Gasteiger partial charge < -0.3 is 0 Å². The number of carbonyl (C=O) groups is 1. The lowest BCUT2D eigenvalue weighted by molar-refractivity contribution is 0.103. The van der Waals surface area contributed by atoms with E-state index in [1.54, 1.807) is 18.3 Å². The Balaban J connectivity index is 2.32. The van der Waals surface area contributed by atoms with E-state index in [0.717, 1.165) is 16.8 Å². The smallest absolute Gasteiger partial charge is 0.197 e. The molecule has 4 heteroatoms. The highest BCUT2D eigenvalue weighted by molar-refractivity contribution is 6.32. The summed E-state index contributed by atoms with van der Waals surface area (Å²) < 4.78 is 0. The first-order valence-electron chi connectivity index (χ1n) is 5.23. The monoisotopic (exact) mass is 244 g/mol. The number of rotatable bonds is 1. The van der Waals surface area contributed by atoms with Crippen molar-refractivity contribution in [2.24, 2.45) is 0 Å². The summed E-state index contributed by atoms with van der Waals surface area (Å²) in [5, 5.41) is 7.36. The Hall–Kier alpha value is -1.87. The molecule has 84 valence electrons. The van der Waals surface area contributed by atoms with Crippen molar-refractivity contribution in [3.05, 3.63) is 57.9 Å². The zero-order valence-electron chi connectivity index (χ0n) is 8.96. The van der Waals surface area contributed by atoms with E-state index in [-0.39, 0.29) is 5.78 Å². The Morgan fingerprint density at radius 3 is 3.06 bits per heavy atom. The fourth-order valence-electron chi connectivity index (χ4n) is 2.21. The first-order valence-corrected chi connectivity index (χ1v) is 5.61. The normalized spacial score (nSPS) is 13.1. The molecule has 0 saturated carbocycles. The second-order valence-corrected chi connectivity index (χ2v) is 4.37. The van der Waals surface area contributed by atoms with Gasteiger partial charge in [-0.3, -0.25) is 9.89 Å². The first-order chi connectivity index (χ1) is 8.22. The zero-order chi connectivity index (χ0) is 12.0. The van der Waals surface area contributed by atoms with Crippen LogP contribution in [0.3, 0.4) is 0 Å². The summed E-state index contributed by atoms with van der Waals surface area (Å²) in [4.78, 5) is 12.3. The van der Waals surface area contributed by atoms with Gasteiger partial charge in [0.15, 0.2) is 5.78 Å². The Kier molecular flexibility index (Phi) is 2.16. The predicted octanol–water partition coefficient (Wildman–Crippen LogP) is 2.84. The summed E-state index contributed by atoms with van der Waals surface area (Å²) in [7, 11) is 0. The molecular weight excluding hydrogens is 236 g/mol. The molecule has 0 amide bonds. The third-order valence-corrected chi connectivity index (χ3v) is 3.41. The van der Waals surface area contributed by atoms with Crippen molar-refractivity contribution < 1.29 is 4.79 Å². The van der Waals surface area contributed by atoms with Crippen molar-refractivity contribution in [2.45, 2.75) is 6.42 Å². The fraction of sp³-hybridized carbons (Fsp3) is 0.0769. The maximum absolute atomic E-state index is 12.3. The molecule has 3 rings (SSSR count). The van der Waals surface area contributed by atoms with E-state index in [1.807, 2.05) is 6.07 Å². The first kappa shape index (κ1) is 10.3. The molecule has 0 saturated heterocycles. The Morgan fingerprint density at radius 2 is 2.29 bits per heavy atom. The molecule has 0 aliphatic heterocycles. The topological polar surface area (TPSA) is 45.8 Å². The maximum atomic E-state index is 12.3. The summed E-state index contributed by atoms with van der Waals surface area (Å²) in [5.74, 6) is -0.0348. The molecule has 1 aromatic heterocycles. The molecule has 2 aromatic rings. The molecule has 0 radical (unpaired) electrons. The van der Waals surface area contributed by atoms with Crippen molar-refractivity contribution in [1.82, 2.24) is 10.2 Å². The molecule has 1 aliphatic rings. The molecule has 1 heterocycles. The van der Waals surface area contributed by atoms with Gasteiger partial charge in [-0.1, -0.05) is 30.3 Å². The molecular formula is C13H9ClN2O. The van der Waals surface area contributed by atoms with Crippen LogP contribution in [-0.2, 0) is 6.42 Å². The van der Waals surface area contributed by atoms with Crippen LogP contribution in [0.2, 0.25) is 5.02 Å². The number of H-pyrrole nitrogens is 1. The molecule has 1 N–H and O–H groups in total. The Bertz CT molecular complexity index is 643. The number of benzene rings is 1. The number of carbonyl (C=O) groups excluding carboxylic acids is 1. The fourth-order valence-corrected chi connectivity index (χ4v) is 2.43. The second-order valence-electron chi connectivity index (χ2n) is 3.96. The lowest BCUT2D eigenvalue weighted by Crippen LogP contribution is -2.16. The highest BCUT2D eigenvalue weighted by Gasteiger charge is 2.28. The number of hydrogen-bond donors (Lipinski definition) is 1. The minimum Gasteiger partial charge on any atom is -0.288 e. The van der Waals surface area contributed by atoms with Crippen LogP contribution in [-0.4, -0.2) is 16.0 Å². The SMILES string of the molecule is C=Cc1ccc(Cl)c2c1C(=O)c1cn[nH]c1C2. The average Bonchev–Trinajstić information content (AvgIpc) is 2.79.